The normalized spacial score (nSPS) is 25.0. The van der Waals surface area contributed by atoms with E-state index in [1.54, 1.807) is 29.3 Å². The number of pyridine rings is 1. The quantitative estimate of drug-likeness (QED) is 0.899. The van der Waals surface area contributed by atoms with Gasteiger partial charge in [-0.1, -0.05) is 6.42 Å². The van der Waals surface area contributed by atoms with Crippen LogP contribution in [0.25, 0.3) is 5.82 Å². The van der Waals surface area contributed by atoms with Gasteiger partial charge in [-0.2, -0.15) is 5.10 Å². The topological polar surface area (TPSA) is 85.8 Å². The van der Waals surface area contributed by atoms with Crippen LogP contribution < -0.4 is 11.1 Å². The highest BCUT2D eigenvalue weighted by molar-refractivity contribution is 5.97. The SMILES string of the molecule is CC1(C(=O)Nc2cccnc2-n2cccn2)CCCC1N. The Bertz CT molecular complexity index is 639. The van der Waals surface area contributed by atoms with Crippen LogP contribution in [-0.2, 0) is 4.79 Å². The van der Waals surface area contributed by atoms with Crippen molar-refractivity contribution < 1.29 is 4.79 Å². The lowest BCUT2D eigenvalue weighted by Crippen LogP contribution is -2.44. The number of carbonyl (C=O) groups excluding carboxylic acids is 1. The minimum Gasteiger partial charge on any atom is -0.327 e. The van der Waals surface area contributed by atoms with Gasteiger partial charge in [-0.05, 0) is 38.0 Å². The van der Waals surface area contributed by atoms with Gasteiger partial charge in [-0.15, -0.1) is 0 Å². The molecule has 1 amide bonds. The molecule has 0 saturated heterocycles. The molecule has 6 nitrogen and oxygen atoms in total. The number of nitrogens with two attached hydrogens (primary N) is 1. The number of rotatable bonds is 3. The molecule has 1 aliphatic carbocycles. The van der Waals surface area contributed by atoms with E-state index in [4.69, 9.17) is 5.73 Å². The second-order valence-electron chi connectivity index (χ2n) is 5.70. The third-order valence-electron chi connectivity index (χ3n) is 4.30. The maximum atomic E-state index is 12.6. The Kier molecular flexibility index (Phi) is 3.47. The summed E-state index contributed by atoms with van der Waals surface area (Å²) in [4.78, 5) is 16.9. The average molecular weight is 285 g/mol. The van der Waals surface area contributed by atoms with Crippen LogP contribution in [0, 0.1) is 5.41 Å². The largest absolute Gasteiger partial charge is 0.327 e. The molecule has 110 valence electrons. The van der Waals surface area contributed by atoms with Crippen LogP contribution in [0.15, 0.2) is 36.8 Å². The first kappa shape index (κ1) is 13.8. The predicted octanol–water partition coefficient (Wildman–Crippen LogP) is 1.72. The third kappa shape index (κ3) is 2.42. The fraction of sp³-hybridized carbons (Fsp3) is 0.400. The summed E-state index contributed by atoms with van der Waals surface area (Å²) in [6.45, 7) is 1.93. The van der Waals surface area contributed by atoms with Crippen molar-refractivity contribution in [3.8, 4) is 5.82 Å². The Balaban J connectivity index is 1.87. The van der Waals surface area contributed by atoms with Gasteiger partial charge >= 0.3 is 0 Å². The Morgan fingerprint density at radius 2 is 2.33 bits per heavy atom. The van der Waals surface area contributed by atoms with Crippen molar-refractivity contribution in [2.75, 3.05) is 5.32 Å². The predicted molar refractivity (Wildman–Crippen MR) is 79.9 cm³/mol. The van der Waals surface area contributed by atoms with Crippen molar-refractivity contribution in [1.82, 2.24) is 14.8 Å². The van der Waals surface area contributed by atoms with Gasteiger partial charge in [0.1, 0.15) is 0 Å². The molecule has 0 spiro atoms. The van der Waals surface area contributed by atoms with Crippen LogP contribution in [0.3, 0.4) is 0 Å². The van der Waals surface area contributed by atoms with E-state index in [1.165, 1.54) is 0 Å². The van der Waals surface area contributed by atoms with Crippen molar-refractivity contribution in [3.05, 3.63) is 36.8 Å². The van der Waals surface area contributed by atoms with Crippen molar-refractivity contribution in [1.29, 1.82) is 0 Å². The lowest BCUT2D eigenvalue weighted by Gasteiger charge is -2.27. The molecule has 2 aromatic rings. The number of aromatic nitrogens is 3. The van der Waals surface area contributed by atoms with Crippen LogP contribution in [0.4, 0.5) is 5.69 Å². The summed E-state index contributed by atoms with van der Waals surface area (Å²) in [6.07, 6.45) is 7.84. The van der Waals surface area contributed by atoms with E-state index in [0.717, 1.165) is 19.3 Å². The third-order valence-corrected chi connectivity index (χ3v) is 4.30. The summed E-state index contributed by atoms with van der Waals surface area (Å²) in [6, 6.07) is 5.34. The summed E-state index contributed by atoms with van der Waals surface area (Å²) >= 11 is 0. The molecular formula is C15H19N5O. The van der Waals surface area contributed by atoms with Gasteiger partial charge in [0.2, 0.25) is 5.91 Å². The number of hydrogen-bond acceptors (Lipinski definition) is 4. The molecule has 2 aromatic heterocycles. The average Bonchev–Trinajstić information content (AvgIpc) is 3.11. The molecule has 0 aliphatic heterocycles. The first-order valence-electron chi connectivity index (χ1n) is 7.13. The monoisotopic (exact) mass is 285 g/mol. The van der Waals surface area contributed by atoms with Crippen molar-refractivity contribution in [2.24, 2.45) is 11.1 Å². The molecule has 2 heterocycles. The number of nitrogens with zero attached hydrogens (tertiary/aromatic N) is 3. The second-order valence-corrected chi connectivity index (χ2v) is 5.70. The molecule has 1 aliphatic rings. The number of hydrogen-bond donors (Lipinski definition) is 2. The summed E-state index contributed by atoms with van der Waals surface area (Å²) in [5, 5.41) is 7.13. The van der Waals surface area contributed by atoms with Gasteiger partial charge in [-0.25, -0.2) is 9.67 Å². The Hall–Kier alpha value is -2.21. The van der Waals surface area contributed by atoms with E-state index in [1.807, 2.05) is 19.1 Å². The van der Waals surface area contributed by atoms with Crippen LogP contribution >= 0.6 is 0 Å². The van der Waals surface area contributed by atoms with Gasteiger partial charge in [0, 0.05) is 24.6 Å². The number of carbonyl (C=O) groups is 1. The van der Waals surface area contributed by atoms with Gasteiger partial charge in [-0.3, -0.25) is 4.79 Å². The zero-order valence-electron chi connectivity index (χ0n) is 12.0. The maximum absolute atomic E-state index is 12.6. The fourth-order valence-corrected chi connectivity index (χ4v) is 2.81. The standard InChI is InChI=1S/C15H19N5O/c1-15(7-2-6-12(15)16)14(21)19-11-5-3-8-17-13(11)20-10-4-9-18-20/h3-5,8-10,12H,2,6-7,16H2,1H3,(H,19,21). The number of amides is 1. The van der Waals surface area contributed by atoms with Gasteiger partial charge in [0.25, 0.3) is 0 Å². The second kappa shape index (κ2) is 5.29. The highest BCUT2D eigenvalue weighted by Crippen LogP contribution is 2.38. The number of anilines is 1. The summed E-state index contributed by atoms with van der Waals surface area (Å²) in [7, 11) is 0. The van der Waals surface area contributed by atoms with Crippen LogP contribution in [0.5, 0.6) is 0 Å². The van der Waals surface area contributed by atoms with E-state index in [9.17, 15) is 4.79 Å². The molecule has 6 heteroatoms. The van der Waals surface area contributed by atoms with E-state index in [2.05, 4.69) is 15.4 Å². The Labute approximate surface area is 123 Å². The Morgan fingerprint density at radius 3 is 3.00 bits per heavy atom. The van der Waals surface area contributed by atoms with E-state index >= 15 is 0 Å². The highest BCUT2D eigenvalue weighted by atomic mass is 16.2. The summed E-state index contributed by atoms with van der Waals surface area (Å²) in [5.41, 5.74) is 6.23. The van der Waals surface area contributed by atoms with Gasteiger partial charge in [0.15, 0.2) is 5.82 Å². The van der Waals surface area contributed by atoms with Gasteiger partial charge in [0.05, 0.1) is 11.1 Å². The molecule has 3 rings (SSSR count). The van der Waals surface area contributed by atoms with Crippen LogP contribution in [0.1, 0.15) is 26.2 Å². The smallest absolute Gasteiger partial charge is 0.231 e. The highest BCUT2D eigenvalue weighted by Gasteiger charge is 2.43. The van der Waals surface area contributed by atoms with E-state index in [0.29, 0.717) is 11.5 Å². The fourth-order valence-electron chi connectivity index (χ4n) is 2.81. The molecule has 1 fully saturated rings. The lowest BCUT2D eigenvalue weighted by molar-refractivity contribution is -0.125. The van der Waals surface area contributed by atoms with Gasteiger partial charge < -0.3 is 11.1 Å². The van der Waals surface area contributed by atoms with Crippen LogP contribution in [0.2, 0.25) is 0 Å². The minimum absolute atomic E-state index is 0.0473. The molecule has 1 saturated carbocycles. The number of nitrogens with one attached hydrogen (secondary N) is 1. The van der Waals surface area contributed by atoms with Crippen molar-refractivity contribution in [3.63, 3.8) is 0 Å². The van der Waals surface area contributed by atoms with Crippen molar-refractivity contribution in [2.45, 2.75) is 32.2 Å². The molecule has 0 radical (unpaired) electrons. The maximum Gasteiger partial charge on any atom is 0.231 e. The van der Waals surface area contributed by atoms with E-state index in [-0.39, 0.29) is 11.9 Å². The lowest BCUT2D eigenvalue weighted by atomic mass is 9.84. The first-order valence-corrected chi connectivity index (χ1v) is 7.13. The first-order chi connectivity index (χ1) is 10.1. The summed E-state index contributed by atoms with van der Waals surface area (Å²) in [5.74, 6) is 0.555. The molecule has 2 atom stereocenters. The molecule has 21 heavy (non-hydrogen) atoms. The van der Waals surface area contributed by atoms with E-state index < -0.39 is 5.41 Å². The zero-order valence-corrected chi connectivity index (χ0v) is 12.0. The Morgan fingerprint density at radius 1 is 1.48 bits per heavy atom. The van der Waals surface area contributed by atoms with Crippen LogP contribution in [-0.4, -0.2) is 26.7 Å². The minimum atomic E-state index is -0.517. The van der Waals surface area contributed by atoms with Crippen molar-refractivity contribution >= 4 is 11.6 Å². The molecular weight excluding hydrogens is 266 g/mol. The molecule has 0 bridgehead atoms. The molecule has 2 unspecified atom stereocenters. The molecule has 3 N–H and O–H groups in total. The molecule has 0 aromatic carbocycles. The summed E-state index contributed by atoms with van der Waals surface area (Å²) < 4.78 is 1.63. The zero-order chi connectivity index (χ0) is 14.9.